The molecule has 0 aliphatic rings. The van der Waals surface area contributed by atoms with Crippen molar-refractivity contribution in [1.82, 2.24) is 0 Å². The molecule has 0 bridgehead atoms. The Balaban J connectivity index is 3.73. The Hall–Kier alpha value is -0.480. The molecule has 0 atom stereocenters. The summed E-state index contributed by atoms with van der Waals surface area (Å²) in [5, 5.41) is 0. The number of hydrogen-bond acceptors (Lipinski definition) is 0. The maximum absolute atomic E-state index is 3.26. The van der Waals surface area contributed by atoms with E-state index >= 15 is 0 Å². The average molecular weight is 138 g/mol. The monoisotopic (exact) mass is 138 g/mol. The molecular weight excluding hydrogens is 120 g/mol. The minimum atomic E-state index is 0.761. The third-order valence-electron chi connectivity index (χ3n) is 1.47. The molecule has 0 N–H and O–H groups in total. The first kappa shape index (κ1) is 9.52. The summed E-state index contributed by atoms with van der Waals surface area (Å²) in [5.41, 5.74) is 4.60. The van der Waals surface area contributed by atoms with Gasteiger partial charge >= 0.3 is 0 Å². The second-order valence-corrected chi connectivity index (χ2v) is 3.11. The highest BCUT2D eigenvalue weighted by molar-refractivity contribution is 4.97. The Kier molecular flexibility index (Phi) is 5.06. The quantitative estimate of drug-likeness (QED) is 0.523. The number of allylic oxidation sites excluding steroid dienone is 1. The van der Waals surface area contributed by atoms with Crippen molar-refractivity contribution in [3.05, 3.63) is 17.4 Å². The maximum atomic E-state index is 3.26. The van der Waals surface area contributed by atoms with Gasteiger partial charge in [0.05, 0.1) is 0 Å². The van der Waals surface area contributed by atoms with Crippen LogP contribution in [0, 0.1) is 5.92 Å². The number of rotatable bonds is 3. The highest BCUT2D eigenvalue weighted by Crippen LogP contribution is 2.00. The van der Waals surface area contributed by atoms with E-state index in [1.165, 1.54) is 5.57 Å². The molecule has 0 radical (unpaired) electrons. The maximum Gasteiger partial charge on any atom is -0.0251 e. The van der Waals surface area contributed by atoms with Gasteiger partial charge in [-0.25, -0.2) is 0 Å². The van der Waals surface area contributed by atoms with Gasteiger partial charge in [-0.15, -0.1) is 5.73 Å². The summed E-state index contributed by atoms with van der Waals surface area (Å²) < 4.78 is 0. The standard InChI is InChI=1S/C10H18/c1-5-10(4)8-6-7-9(2)3/h6,9H,5,7H2,1-4H3. The molecule has 0 aromatic heterocycles. The van der Waals surface area contributed by atoms with Crippen molar-refractivity contribution in [3.8, 4) is 0 Å². The van der Waals surface area contributed by atoms with Crippen LogP contribution in [0.3, 0.4) is 0 Å². The molecule has 0 nitrogen and oxygen atoms in total. The van der Waals surface area contributed by atoms with Crippen LogP contribution in [0.2, 0.25) is 0 Å². The molecule has 0 rings (SSSR count). The molecular formula is C10H18. The van der Waals surface area contributed by atoms with Crippen molar-refractivity contribution in [2.45, 2.75) is 40.5 Å². The molecule has 10 heavy (non-hydrogen) atoms. The summed E-state index contributed by atoms with van der Waals surface area (Å²) in [4.78, 5) is 0. The van der Waals surface area contributed by atoms with Gasteiger partial charge in [-0.1, -0.05) is 20.8 Å². The van der Waals surface area contributed by atoms with Gasteiger partial charge < -0.3 is 0 Å². The average Bonchev–Trinajstić information content (AvgIpc) is 1.87. The second kappa shape index (κ2) is 5.32. The van der Waals surface area contributed by atoms with Crippen molar-refractivity contribution < 1.29 is 0 Å². The molecule has 0 aromatic rings. The van der Waals surface area contributed by atoms with E-state index in [2.05, 4.69) is 39.5 Å². The zero-order valence-electron chi connectivity index (χ0n) is 7.57. The van der Waals surface area contributed by atoms with Crippen molar-refractivity contribution in [2.75, 3.05) is 0 Å². The number of hydrogen-bond donors (Lipinski definition) is 0. The summed E-state index contributed by atoms with van der Waals surface area (Å²) in [6, 6.07) is 0. The lowest BCUT2D eigenvalue weighted by molar-refractivity contribution is 0.664. The zero-order chi connectivity index (χ0) is 7.98. The molecule has 0 unspecified atom stereocenters. The first-order chi connectivity index (χ1) is 4.66. The molecule has 0 amide bonds. The zero-order valence-corrected chi connectivity index (χ0v) is 7.57. The third-order valence-corrected chi connectivity index (χ3v) is 1.47. The Morgan fingerprint density at radius 1 is 1.50 bits per heavy atom. The minimum Gasteiger partial charge on any atom is -0.126 e. The van der Waals surface area contributed by atoms with Crippen LogP contribution < -0.4 is 0 Å². The summed E-state index contributed by atoms with van der Waals surface area (Å²) in [6.07, 6.45) is 4.41. The van der Waals surface area contributed by atoms with Gasteiger partial charge in [0.1, 0.15) is 0 Å². The Morgan fingerprint density at radius 2 is 2.10 bits per heavy atom. The summed E-state index contributed by atoms with van der Waals surface area (Å²) in [6.45, 7) is 8.72. The summed E-state index contributed by atoms with van der Waals surface area (Å²) in [5.74, 6) is 0.761. The van der Waals surface area contributed by atoms with Crippen LogP contribution in [0.1, 0.15) is 40.5 Å². The molecule has 0 aliphatic carbocycles. The first-order valence-corrected chi connectivity index (χ1v) is 4.07. The predicted molar refractivity (Wildman–Crippen MR) is 47.0 cm³/mol. The van der Waals surface area contributed by atoms with Crippen LogP contribution in [0.25, 0.3) is 0 Å². The van der Waals surface area contributed by atoms with Crippen LogP contribution in [0.5, 0.6) is 0 Å². The predicted octanol–water partition coefficient (Wildman–Crippen LogP) is 3.54. The highest BCUT2D eigenvalue weighted by atomic mass is 13.9. The van der Waals surface area contributed by atoms with Crippen LogP contribution in [-0.2, 0) is 0 Å². The van der Waals surface area contributed by atoms with Crippen molar-refractivity contribution in [1.29, 1.82) is 0 Å². The van der Waals surface area contributed by atoms with E-state index in [0.29, 0.717) is 0 Å². The summed E-state index contributed by atoms with van der Waals surface area (Å²) >= 11 is 0. The van der Waals surface area contributed by atoms with Gasteiger partial charge in [0, 0.05) is 0 Å². The van der Waals surface area contributed by atoms with E-state index in [1.54, 1.807) is 0 Å². The van der Waals surface area contributed by atoms with Crippen LogP contribution in [0.15, 0.2) is 17.4 Å². The van der Waals surface area contributed by atoms with Gasteiger partial charge in [-0.3, -0.25) is 0 Å². The lowest BCUT2D eigenvalue weighted by Crippen LogP contribution is -1.80. The molecule has 0 fully saturated rings. The van der Waals surface area contributed by atoms with Crippen molar-refractivity contribution >= 4 is 0 Å². The topological polar surface area (TPSA) is 0 Å². The normalized spacial score (nSPS) is 9.30. The van der Waals surface area contributed by atoms with Gasteiger partial charge in [-0.05, 0) is 37.3 Å². The second-order valence-electron chi connectivity index (χ2n) is 3.11. The van der Waals surface area contributed by atoms with Crippen molar-refractivity contribution in [3.63, 3.8) is 0 Å². The van der Waals surface area contributed by atoms with E-state index in [-0.39, 0.29) is 0 Å². The van der Waals surface area contributed by atoms with Crippen LogP contribution in [0.4, 0.5) is 0 Å². The summed E-state index contributed by atoms with van der Waals surface area (Å²) in [7, 11) is 0. The van der Waals surface area contributed by atoms with E-state index < -0.39 is 0 Å². The highest BCUT2D eigenvalue weighted by Gasteiger charge is 1.85. The van der Waals surface area contributed by atoms with Crippen molar-refractivity contribution in [2.24, 2.45) is 5.92 Å². The minimum absolute atomic E-state index is 0.761. The molecule has 0 spiro atoms. The van der Waals surface area contributed by atoms with E-state index in [4.69, 9.17) is 0 Å². The van der Waals surface area contributed by atoms with Gasteiger partial charge in [-0.2, -0.15) is 0 Å². The van der Waals surface area contributed by atoms with Crippen LogP contribution >= 0.6 is 0 Å². The Morgan fingerprint density at radius 3 is 2.50 bits per heavy atom. The van der Waals surface area contributed by atoms with Gasteiger partial charge in [0.15, 0.2) is 0 Å². The Bertz CT molecular complexity index is 134. The largest absolute Gasteiger partial charge is 0.126 e. The van der Waals surface area contributed by atoms with E-state index in [0.717, 1.165) is 18.8 Å². The molecule has 0 heteroatoms. The molecule has 0 saturated carbocycles. The molecule has 0 saturated heterocycles. The molecule has 0 aliphatic heterocycles. The third kappa shape index (κ3) is 5.65. The lowest BCUT2D eigenvalue weighted by Gasteiger charge is -1.94. The fourth-order valence-corrected chi connectivity index (χ4v) is 0.571. The SMILES string of the molecule is CCC(C)=C=CCC(C)C. The van der Waals surface area contributed by atoms with Gasteiger partial charge in [0.25, 0.3) is 0 Å². The van der Waals surface area contributed by atoms with E-state index in [9.17, 15) is 0 Å². The Labute approximate surface area is 64.6 Å². The molecule has 0 aromatic carbocycles. The molecule has 0 heterocycles. The smallest absolute Gasteiger partial charge is 0.0251 e. The lowest BCUT2D eigenvalue weighted by atomic mass is 10.1. The van der Waals surface area contributed by atoms with E-state index in [1.807, 2.05) is 0 Å². The first-order valence-electron chi connectivity index (χ1n) is 4.07. The van der Waals surface area contributed by atoms with Crippen LogP contribution in [-0.4, -0.2) is 0 Å². The van der Waals surface area contributed by atoms with Gasteiger partial charge in [0.2, 0.25) is 0 Å². The molecule has 58 valence electrons. The fourth-order valence-electron chi connectivity index (χ4n) is 0.571. The fraction of sp³-hybridized carbons (Fsp3) is 0.700.